The molecule has 1 amide bonds. The number of nitrogens with two attached hydrogens (primary N) is 2. The van der Waals surface area contributed by atoms with Crippen LogP contribution < -0.4 is 16.8 Å². The van der Waals surface area contributed by atoms with Gasteiger partial charge in [0, 0.05) is 23.0 Å². The summed E-state index contributed by atoms with van der Waals surface area (Å²) in [4.78, 5) is 21.6. The molecule has 0 saturated heterocycles. The molecule has 0 aromatic heterocycles. The van der Waals surface area contributed by atoms with E-state index >= 15 is 0 Å². The summed E-state index contributed by atoms with van der Waals surface area (Å²) in [5.41, 5.74) is 14.0. The molecule has 27 heavy (non-hydrogen) atoms. The standard InChI is InChI=1S/C13H12N2O.C7H8N2O2/c14-11-6-8-12(9-7-11)15-13(16)10-4-2-1-3-5-10;1-5-2-3-6(8)7(4-5)9(10)11/h1-9H,14H2,(H,15,16);2-4H,8H2,1H3. The predicted molar refractivity (Wildman–Crippen MR) is 107 cm³/mol. The molecular formula is C20H20N4O3. The van der Waals surface area contributed by atoms with Crippen molar-refractivity contribution in [2.45, 2.75) is 6.92 Å². The maximum Gasteiger partial charge on any atom is 0.292 e. The number of nitro benzene ring substituents is 1. The Hall–Kier alpha value is -3.87. The van der Waals surface area contributed by atoms with Gasteiger partial charge in [-0.25, -0.2) is 0 Å². The van der Waals surface area contributed by atoms with E-state index < -0.39 is 4.92 Å². The van der Waals surface area contributed by atoms with Gasteiger partial charge in [-0.3, -0.25) is 14.9 Å². The second-order valence-corrected chi connectivity index (χ2v) is 5.76. The molecule has 0 heterocycles. The molecular weight excluding hydrogens is 344 g/mol. The Bertz CT molecular complexity index is 926. The molecule has 7 nitrogen and oxygen atoms in total. The lowest BCUT2D eigenvalue weighted by atomic mass is 10.2. The summed E-state index contributed by atoms with van der Waals surface area (Å²) in [5, 5.41) is 13.1. The zero-order valence-corrected chi connectivity index (χ0v) is 14.8. The highest BCUT2D eigenvalue weighted by Gasteiger charge is 2.09. The molecule has 138 valence electrons. The Morgan fingerprint density at radius 1 is 0.963 bits per heavy atom. The number of aryl methyl sites for hydroxylation is 1. The van der Waals surface area contributed by atoms with Gasteiger partial charge in [0.15, 0.2) is 0 Å². The van der Waals surface area contributed by atoms with Crippen LogP contribution in [0.1, 0.15) is 15.9 Å². The van der Waals surface area contributed by atoms with Crippen molar-refractivity contribution in [3.8, 4) is 0 Å². The molecule has 0 bridgehead atoms. The van der Waals surface area contributed by atoms with Gasteiger partial charge in [0.05, 0.1) is 4.92 Å². The van der Waals surface area contributed by atoms with Gasteiger partial charge in [-0.2, -0.15) is 0 Å². The van der Waals surface area contributed by atoms with Crippen LogP contribution in [0.2, 0.25) is 0 Å². The number of rotatable bonds is 3. The van der Waals surface area contributed by atoms with E-state index in [1.807, 2.05) is 18.2 Å². The normalized spacial score (nSPS) is 9.67. The van der Waals surface area contributed by atoms with Crippen LogP contribution in [-0.2, 0) is 0 Å². The highest BCUT2D eigenvalue weighted by molar-refractivity contribution is 6.04. The van der Waals surface area contributed by atoms with Crippen molar-refractivity contribution in [2.75, 3.05) is 16.8 Å². The fraction of sp³-hybridized carbons (Fsp3) is 0.0500. The van der Waals surface area contributed by atoms with Gasteiger partial charge in [0.1, 0.15) is 5.69 Å². The number of amides is 1. The Balaban J connectivity index is 0.000000208. The number of nitrogens with one attached hydrogen (secondary N) is 1. The predicted octanol–water partition coefficient (Wildman–Crippen LogP) is 4.01. The van der Waals surface area contributed by atoms with Crippen LogP contribution in [0.5, 0.6) is 0 Å². The van der Waals surface area contributed by atoms with Crippen LogP contribution in [0.3, 0.4) is 0 Å². The van der Waals surface area contributed by atoms with Crippen LogP contribution in [0.15, 0.2) is 72.8 Å². The highest BCUT2D eigenvalue weighted by Crippen LogP contribution is 2.21. The van der Waals surface area contributed by atoms with Gasteiger partial charge in [-0.1, -0.05) is 24.3 Å². The van der Waals surface area contributed by atoms with Crippen LogP contribution in [-0.4, -0.2) is 10.8 Å². The van der Waals surface area contributed by atoms with Gasteiger partial charge < -0.3 is 16.8 Å². The zero-order valence-electron chi connectivity index (χ0n) is 14.8. The van der Waals surface area contributed by atoms with E-state index in [-0.39, 0.29) is 17.3 Å². The molecule has 5 N–H and O–H groups in total. The third-order valence-electron chi connectivity index (χ3n) is 3.59. The molecule has 3 aromatic rings. The van der Waals surface area contributed by atoms with Gasteiger partial charge in [-0.05, 0) is 55.0 Å². The lowest BCUT2D eigenvalue weighted by molar-refractivity contribution is -0.383. The Morgan fingerprint density at radius 2 is 1.59 bits per heavy atom. The minimum atomic E-state index is -0.484. The summed E-state index contributed by atoms with van der Waals surface area (Å²) in [6.45, 7) is 1.78. The summed E-state index contributed by atoms with van der Waals surface area (Å²) in [6, 6.07) is 20.9. The van der Waals surface area contributed by atoms with Crippen molar-refractivity contribution >= 4 is 28.7 Å². The third-order valence-corrected chi connectivity index (χ3v) is 3.59. The number of nitrogen functional groups attached to an aromatic ring is 2. The van der Waals surface area contributed by atoms with Crippen LogP contribution >= 0.6 is 0 Å². The quantitative estimate of drug-likeness (QED) is 0.368. The van der Waals surface area contributed by atoms with Gasteiger partial charge in [0.25, 0.3) is 11.6 Å². The van der Waals surface area contributed by atoms with Crippen molar-refractivity contribution in [3.05, 3.63) is 94.0 Å². The molecule has 0 atom stereocenters. The Kier molecular flexibility index (Phi) is 6.49. The van der Waals surface area contributed by atoms with Crippen molar-refractivity contribution in [2.24, 2.45) is 0 Å². The fourth-order valence-corrected chi connectivity index (χ4v) is 2.17. The first-order valence-electron chi connectivity index (χ1n) is 8.09. The molecule has 0 spiro atoms. The fourth-order valence-electron chi connectivity index (χ4n) is 2.17. The summed E-state index contributed by atoms with van der Waals surface area (Å²) in [6.07, 6.45) is 0. The van der Waals surface area contributed by atoms with E-state index in [1.54, 1.807) is 49.4 Å². The molecule has 0 unspecified atom stereocenters. The third kappa shape index (κ3) is 5.86. The van der Waals surface area contributed by atoms with Crippen LogP contribution in [0, 0.1) is 17.0 Å². The summed E-state index contributed by atoms with van der Waals surface area (Å²) in [5.74, 6) is -0.120. The number of anilines is 3. The molecule has 0 saturated carbocycles. The Labute approximate surface area is 156 Å². The van der Waals surface area contributed by atoms with E-state index in [9.17, 15) is 14.9 Å². The molecule has 3 aromatic carbocycles. The average molecular weight is 364 g/mol. The lowest BCUT2D eigenvalue weighted by Gasteiger charge is -2.05. The lowest BCUT2D eigenvalue weighted by Crippen LogP contribution is -2.11. The van der Waals surface area contributed by atoms with Gasteiger partial charge >= 0.3 is 0 Å². The van der Waals surface area contributed by atoms with Crippen molar-refractivity contribution < 1.29 is 9.72 Å². The molecule has 0 aliphatic rings. The maximum atomic E-state index is 11.8. The average Bonchev–Trinajstić information content (AvgIpc) is 2.66. The number of carbonyl (C=O) groups is 1. The topological polar surface area (TPSA) is 124 Å². The highest BCUT2D eigenvalue weighted by atomic mass is 16.6. The van der Waals surface area contributed by atoms with Crippen molar-refractivity contribution in [1.29, 1.82) is 0 Å². The van der Waals surface area contributed by atoms with E-state index in [0.29, 0.717) is 11.3 Å². The monoisotopic (exact) mass is 364 g/mol. The molecule has 0 aliphatic heterocycles. The first-order chi connectivity index (χ1) is 12.9. The van der Waals surface area contributed by atoms with Crippen molar-refractivity contribution in [3.63, 3.8) is 0 Å². The van der Waals surface area contributed by atoms with E-state index in [2.05, 4.69) is 5.32 Å². The number of nitro groups is 1. The first-order valence-corrected chi connectivity index (χ1v) is 8.09. The molecule has 0 radical (unpaired) electrons. The maximum absolute atomic E-state index is 11.8. The zero-order chi connectivity index (χ0) is 19.8. The number of benzene rings is 3. The minimum absolute atomic E-state index is 0.0231. The molecule has 0 fully saturated rings. The number of carbonyl (C=O) groups excluding carboxylic acids is 1. The molecule has 7 heteroatoms. The SMILES string of the molecule is Cc1ccc(N)c([N+](=O)[O-])c1.Nc1ccc(NC(=O)c2ccccc2)cc1. The van der Waals surface area contributed by atoms with Crippen LogP contribution in [0.4, 0.5) is 22.7 Å². The van der Waals surface area contributed by atoms with E-state index in [1.165, 1.54) is 12.1 Å². The second-order valence-electron chi connectivity index (χ2n) is 5.76. The Morgan fingerprint density at radius 3 is 2.15 bits per heavy atom. The molecule has 3 rings (SSSR count). The number of hydrogen-bond acceptors (Lipinski definition) is 5. The summed E-state index contributed by atoms with van der Waals surface area (Å²) < 4.78 is 0. The second kappa shape index (κ2) is 9.00. The smallest absolute Gasteiger partial charge is 0.292 e. The van der Waals surface area contributed by atoms with E-state index in [4.69, 9.17) is 11.5 Å². The summed E-state index contributed by atoms with van der Waals surface area (Å²) >= 11 is 0. The number of nitrogens with zero attached hydrogens (tertiary/aromatic N) is 1. The van der Waals surface area contributed by atoms with Crippen LogP contribution in [0.25, 0.3) is 0 Å². The van der Waals surface area contributed by atoms with E-state index in [0.717, 1.165) is 11.3 Å². The van der Waals surface area contributed by atoms with Gasteiger partial charge in [0.2, 0.25) is 0 Å². The molecule has 0 aliphatic carbocycles. The van der Waals surface area contributed by atoms with Crippen molar-refractivity contribution in [1.82, 2.24) is 0 Å². The first kappa shape index (κ1) is 19.5. The number of hydrogen-bond donors (Lipinski definition) is 3. The minimum Gasteiger partial charge on any atom is -0.399 e. The summed E-state index contributed by atoms with van der Waals surface area (Å²) in [7, 11) is 0. The van der Waals surface area contributed by atoms with Gasteiger partial charge in [-0.15, -0.1) is 0 Å². The largest absolute Gasteiger partial charge is 0.399 e.